The fourth-order valence-corrected chi connectivity index (χ4v) is 4.53. The topological polar surface area (TPSA) is 88.8 Å². The number of nitrogens with zero attached hydrogens (tertiary/aromatic N) is 1. The Balaban J connectivity index is 1.73. The summed E-state index contributed by atoms with van der Waals surface area (Å²) in [6, 6.07) is 18.6. The number of aromatic nitrogens is 1. The van der Waals surface area contributed by atoms with E-state index >= 15 is 0 Å². The Hall–Kier alpha value is -3.84. The molecule has 0 saturated heterocycles. The number of aliphatic carboxylic acids is 1. The Morgan fingerprint density at radius 1 is 1.00 bits per heavy atom. The number of ether oxygens (including phenoxy) is 1. The van der Waals surface area contributed by atoms with Crippen LogP contribution in [0, 0.1) is 0 Å². The van der Waals surface area contributed by atoms with Crippen molar-refractivity contribution in [3.8, 4) is 21.9 Å². The summed E-state index contributed by atoms with van der Waals surface area (Å²) in [4.78, 5) is 23.6. The van der Waals surface area contributed by atoms with E-state index in [2.05, 4.69) is 0 Å². The Labute approximate surface area is 188 Å². The van der Waals surface area contributed by atoms with Crippen LogP contribution in [0.1, 0.15) is 29.9 Å². The number of carboxylic acids is 2. The van der Waals surface area contributed by atoms with Crippen molar-refractivity contribution in [1.82, 2.24) is 4.57 Å². The lowest BCUT2D eigenvalue weighted by Gasteiger charge is -2.10. The third-order valence-corrected chi connectivity index (χ3v) is 5.91. The van der Waals surface area contributed by atoms with E-state index in [1.807, 2.05) is 44.2 Å². The van der Waals surface area contributed by atoms with Crippen molar-refractivity contribution in [1.29, 1.82) is 0 Å². The Bertz CT molecular complexity index is 1310. The number of aromatic carboxylic acids is 1. The third-order valence-electron chi connectivity index (χ3n) is 4.79. The highest BCUT2D eigenvalue weighted by Crippen LogP contribution is 2.37. The number of fused-ring (bicyclic) bond motifs is 1. The molecule has 0 unspecified atom stereocenters. The minimum Gasteiger partial charge on any atom is -0.491 e. The second-order valence-electron chi connectivity index (χ2n) is 7.48. The largest absolute Gasteiger partial charge is 0.491 e. The second kappa shape index (κ2) is 8.72. The van der Waals surface area contributed by atoms with Crippen molar-refractivity contribution in [2.24, 2.45) is 0 Å². The summed E-state index contributed by atoms with van der Waals surface area (Å²) in [6.07, 6.45) is 2.66. The SMILES string of the molecule is CC(C)Oc1ccc(-c2cc3c(cc(C(=O)O)n3-c3ccc(C=CC(=O)O)cc3)s2)cc1. The van der Waals surface area contributed by atoms with E-state index in [1.54, 1.807) is 34.9 Å². The van der Waals surface area contributed by atoms with Crippen LogP contribution in [-0.2, 0) is 4.79 Å². The molecule has 32 heavy (non-hydrogen) atoms. The van der Waals surface area contributed by atoms with Crippen molar-refractivity contribution in [2.75, 3.05) is 0 Å². The van der Waals surface area contributed by atoms with Crippen molar-refractivity contribution < 1.29 is 24.5 Å². The monoisotopic (exact) mass is 447 g/mol. The van der Waals surface area contributed by atoms with Gasteiger partial charge in [0.25, 0.3) is 0 Å². The van der Waals surface area contributed by atoms with E-state index in [1.165, 1.54) is 17.4 Å². The summed E-state index contributed by atoms with van der Waals surface area (Å²) in [5, 5.41) is 18.5. The number of rotatable bonds is 7. The molecule has 0 aliphatic carbocycles. The van der Waals surface area contributed by atoms with Crippen LogP contribution in [0.3, 0.4) is 0 Å². The van der Waals surface area contributed by atoms with Crippen LogP contribution in [-0.4, -0.2) is 32.8 Å². The summed E-state index contributed by atoms with van der Waals surface area (Å²) >= 11 is 1.53. The smallest absolute Gasteiger partial charge is 0.352 e. The number of hydrogen-bond acceptors (Lipinski definition) is 4. The van der Waals surface area contributed by atoms with Crippen LogP contribution in [0.4, 0.5) is 0 Å². The van der Waals surface area contributed by atoms with Crippen LogP contribution >= 0.6 is 11.3 Å². The van der Waals surface area contributed by atoms with Crippen LogP contribution in [0.5, 0.6) is 5.75 Å². The molecule has 0 atom stereocenters. The lowest BCUT2D eigenvalue weighted by atomic mass is 10.1. The molecule has 0 amide bonds. The predicted octanol–water partition coefficient (Wildman–Crippen LogP) is 5.94. The van der Waals surface area contributed by atoms with Gasteiger partial charge in [0, 0.05) is 16.6 Å². The van der Waals surface area contributed by atoms with Gasteiger partial charge in [-0.3, -0.25) is 0 Å². The van der Waals surface area contributed by atoms with Gasteiger partial charge in [-0.1, -0.05) is 12.1 Å². The molecule has 4 rings (SSSR count). The molecule has 0 aliphatic rings. The number of hydrogen-bond donors (Lipinski definition) is 2. The predicted molar refractivity (Wildman–Crippen MR) is 126 cm³/mol. The molecule has 0 radical (unpaired) electrons. The third kappa shape index (κ3) is 4.43. The highest BCUT2D eigenvalue weighted by atomic mass is 32.1. The highest BCUT2D eigenvalue weighted by molar-refractivity contribution is 7.22. The number of carboxylic acid groups (broad SMARTS) is 2. The molecule has 0 aliphatic heterocycles. The summed E-state index contributed by atoms with van der Waals surface area (Å²) in [5.41, 5.74) is 3.41. The van der Waals surface area contributed by atoms with E-state index in [-0.39, 0.29) is 11.8 Å². The lowest BCUT2D eigenvalue weighted by Crippen LogP contribution is -2.06. The van der Waals surface area contributed by atoms with Crippen molar-refractivity contribution in [3.05, 3.63) is 78.0 Å². The zero-order valence-electron chi connectivity index (χ0n) is 17.5. The maximum atomic E-state index is 11.9. The van der Waals surface area contributed by atoms with Crippen LogP contribution in [0.2, 0.25) is 0 Å². The molecule has 0 saturated carbocycles. The van der Waals surface area contributed by atoms with E-state index in [4.69, 9.17) is 9.84 Å². The average Bonchev–Trinajstić information content (AvgIpc) is 3.31. The molecular formula is C25H21NO5S. The lowest BCUT2D eigenvalue weighted by molar-refractivity contribution is -0.131. The van der Waals surface area contributed by atoms with Gasteiger partial charge >= 0.3 is 11.9 Å². The van der Waals surface area contributed by atoms with Crippen molar-refractivity contribution >= 4 is 39.6 Å². The van der Waals surface area contributed by atoms with Gasteiger partial charge in [0.15, 0.2) is 0 Å². The summed E-state index contributed by atoms with van der Waals surface area (Å²) in [6.45, 7) is 3.96. The zero-order valence-corrected chi connectivity index (χ0v) is 18.3. The van der Waals surface area contributed by atoms with Gasteiger partial charge in [0.2, 0.25) is 0 Å². The maximum Gasteiger partial charge on any atom is 0.352 e. The molecule has 0 bridgehead atoms. The average molecular weight is 448 g/mol. The Morgan fingerprint density at radius 3 is 2.28 bits per heavy atom. The molecule has 2 heterocycles. The minimum atomic E-state index is -1.02. The van der Waals surface area contributed by atoms with Crippen LogP contribution in [0.15, 0.2) is 66.7 Å². The summed E-state index contributed by atoms with van der Waals surface area (Å²) < 4.78 is 8.28. The van der Waals surface area contributed by atoms with E-state index in [0.29, 0.717) is 11.3 Å². The quantitative estimate of drug-likeness (QED) is 0.342. The van der Waals surface area contributed by atoms with Gasteiger partial charge in [0.05, 0.1) is 16.3 Å². The maximum absolute atomic E-state index is 11.9. The fourth-order valence-electron chi connectivity index (χ4n) is 3.44. The van der Waals surface area contributed by atoms with E-state index in [0.717, 1.165) is 32.5 Å². The first-order valence-corrected chi connectivity index (χ1v) is 10.8. The highest BCUT2D eigenvalue weighted by Gasteiger charge is 2.19. The number of thiophene rings is 1. The van der Waals surface area contributed by atoms with E-state index in [9.17, 15) is 14.7 Å². The van der Waals surface area contributed by atoms with Crippen LogP contribution < -0.4 is 4.74 Å². The zero-order chi connectivity index (χ0) is 22.8. The first-order chi connectivity index (χ1) is 15.3. The molecule has 4 aromatic rings. The molecular weight excluding hydrogens is 426 g/mol. The molecule has 0 fully saturated rings. The second-order valence-corrected chi connectivity index (χ2v) is 8.57. The molecule has 2 N–H and O–H groups in total. The van der Waals surface area contributed by atoms with Gasteiger partial charge in [0.1, 0.15) is 11.4 Å². The van der Waals surface area contributed by atoms with E-state index < -0.39 is 11.9 Å². The summed E-state index contributed by atoms with van der Waals surface area (Å²) in [5.74, 6) is -1.23. The normalized spacial score (nSPS) is 11.5. The number of benzene rings is 2. The van der Waals surface area contributed by atoms with Crippen LogP contribution in [0.25, 0.3) is 32.4 Å². The van der Waals surface area contributed by atoms with Gasteiger partial charge < -0.3 is 19.5 Å². The first kappa shape index (κ1) is 21.4. The number of carbonyl (C=O) groups is 2. The van der Waals surface area contributed by atoms with Crippen molar-refractivity contribution in [3.63, 3.8) is 0 Å². The van der Waals surface area contributed by atoms with Gasteiger partial charge in [-0.25, -0.2) is 9.59 Å². The Kier molecular flexibility index (Phi) is 5.83. The summed E-state index contributed by atoms with van der Waals surface area (Å²) in [7, 11) is 0. The Morgan fingerprint density at radius 2 is 1.69 bits per heavy atom. The van der Waals surface area contributed by atoms with Gasteiger partial charge in [-0.05, 0) is 79.6 Å². The minimum absolute atomic E-state index is 0.102. The fraction of sp³-hybridized carbons (Fsp3) is 0.120. The molecule has 0 spiro atoms. The molecule has 2 aromatic carbocycles. The molecule has 162 valence electrons. The standard InChI is InChI=1S/C25H21NO5S/c1-15(2)31-19-10-6-17(7-11-19)22-13-20-23(32-22)14-21(25(29)30)26(20)18-8-3-16(4-9-18)5-12-24(27)28/h3-15H,1-2H3,(H,27,28)(H,29,30). The molecule has 2 aromatic heterocycles. The van der Waals surface area contributed by atoms with Crippen molar-refractivity contribution in [2.45, 2.75) is 20.0 Å². The van der Waals surface area contributed by atoms with Gasteiger partial charge in [-0.2, -0.15) is 0 Å². The van der Waals surface area contributed by atoms with Gasteiger partial charge in [-0.15, -0.1) is 11.3 Å². The molecule has 6 nitrogen and oxygen atoms in total. The first-order valence-electron chi connectivity index (χ1n) is 9.99. The molecule has 7 heteroatoms.